The lowest BCUT2D eigenvalue weighted by Crippen LogP contribution is -2.34. The van der Waals surface area contributed by atoms with Gasteiger partial charge in [0.05, 0.1) is 24.6 Å². The quantitative estimate of drug-likeness (QED) is 0.602. The summed E-state index contributed by atoms with van der Waals surface area (Å²) in [5, 5.41) is 8.17. The second-order valence-corrected chi connectivity index (χ2v) is 6.97. The molecule has 0 saturated carbocycles. The van der Waals surface area contributed by atoms with Crippen molar-refractivity contribution in [2.24, 2.45) is 0 Å². The second kappa shape index (κ2) is 9.88. The van der Waals surface area contributed by atoms with Crippen molar-refractivity contribution in [1.82, 2.24) is 14.7 Å². The molecule has 8 heteroatoms. The highest BCUT2D eigenvalue weighted by Crippen LogP contribution is 2.16. The minimum atomic E-state index is -0.393. The van der Waals surface area contributed by atoms with Crippen LogP contribution < -0.4 is 15.6 Å². The van der Waals surface area contributed by atoms with Crippen LogP contribution in [0, 0.1) is 0 Å². The molecule has 0 aliphatic rings. The van der Waals surface area contributed by atoms with Gasteiger partial charge in [0, 0.05) is 24.2 Å². The van der Waals surface area contributed by atoms with Crippen LogP contribution in [0.4, 0.5) is 5.69 Å². The number of nitrogens with one attached hydrogen (secondary N) is 1. The van der Waals surface area contributed by atoms with Gasteiger partial charge >= 0.3 is 0 Å². The number of fused-ring (bicyclic) bond motifs is 1. The third kappa shape index (κ3) is 5.09. The normalized spacial score (nSPS) is 10.7. The van der Waals surface area contributed by atoms with Gasteiger partial charge in [-0.05, 0) is 44.2 Å². The molecule has 3 aromatic rings. The maximum absolute atomic E-state index is 12.9. The molecule has 2 aromatic carbocycles. The number of hydrogen-bond acceptors (Lipinski definition) is 5. The van der Waals surface area contributed by atoms with Crippen molar-refractivity contribution in [2.75, 3.05) is 25.5 Å². The maximum Gasteiger partial charge on any atom is 0.275 e. The molecule has 8 nitrogen and oxygen atoms in total. The van der Waals surface area contributed by atoms with Crippen LogP contribution >= 0.6 is 0 Å². The van der Waals surface area contributed by atoms with Crippen LogP contribution in [0.2, 0.25) is 0 Å². The van der Waals surface area contributed by atoms with Crippen LogP contribution in [0.5, 0.6) is 5.75 Å². The van der Waals surface area contributed by atoms with Crippen LogP contribution in [0.25, 0.3) is 10.8 Å². The molecular weight excluding hydrogens is 396 g/mol. The molecule has 0 radical (unpaired) electrons. The van der Waals surface area contributed by atoms with Crippen LogP contribution in [0.1, 0.15) is 19.5 Å². The van der Waals surface area contributed by atoms with Crippen molar-refractivity contribution in [3.63, 3.8) is 0 Å². The van der Waals surface area contributed by atoms with E-state index in [1.165, 1.54) is 0 Å². The minimum absolute atomic E-state index is 0.0581. The Labute approximate surface area is 180 Å². The summed E-state index contributed by atoms with van der Waals surface area (Å²) in [6.45, 7) is 4.76. The molecule has 31 heavy (non-hydrogen) atoms. The van der Waals surface area contributed by atoms with Crippen LogP contribution in [-0.4, -0.2) is 46.7 Å². The molecule has 0 aliphatic heterocycles. The molecule has 0 saturated heterocycles. The first kappa shape index (κ1) is 22.0. The summed E-state index contributed by atoms with van der Waals surface area (Å²) in [6, 6.07) is 13.9. The average Bonchev–Trinajstić information content (AvgIpc) is 2.78. The third-order valence-electron chi connectivity index (χ3n) is 5.05. The highest BCUT2D eigenvalue weighted by Gasteiger charge is 2.17. The van der Waals surface area contributed by atoms with E-state index in [1.807, 2.05) is 13.8 Å². The number of aromatic nitrogens is 2. The topological polar surface area (TPSA) is 93.5 Å². The Balaban J connectivity index is 1.89. The van der Waals surface area contributed by atoms with E-state index in [0.29, 0.717) is 41.0 Å². The maximum atomic E-state index is 12.9. The number of nitrogens with zero attached hydrogens (tertiary/aromatic N) is 3. The summed E-state index contributed by atoms with van der Waals surface area (Å²) in [7, 11) is 1.56. The van der Waals surface area contributed by atoms with Crippen molar-refractivity contribution in [1.29, 1.82) is 0 Å². The SMILES string of the molecule is CCN(CC)C(=O)Cc1nn(CC(=O)Nc2ccc(OC)cc2)c(=O)c2ccccc12. The molecule has 1 heterocycles. The molecule has 1 N–H and O–H groups in total. The molecule has 2 amide bonds. The number of benzene rings is 2. The van der Waals surface area contributed by atoms with Gasteiger partial charge in [-0.25, -0.2) is 4.68 Å². The molecule has 3 rings (SSSR count). The number of ether oxygens (including phenoxy) is 1. The van der Waals surface area contributed by atoms with Gasteiger partial charge in [-0.1, -0.05) is 18.2 Å². The third-order valence-corrected chi connectivity index (χ3v) is 5.05. The van der Waals surface area contributed by atoms with Gasteiger partial charge in [0.15, 0.2) is 0 Å². The summed E-state index contributed by atoms with van der Waals surface area (Å²) >= 11 is 0. The Kier molecular flexibility index (Phi) is 7.02. The van der Waals surface area contributed by atoms with E-state index in [9.17, 15) is 14.4 Å². The number of rotatable bonds is 8. The molecule has 0 spiro atoms. The lowest BCUT2D eigenvalue weighted by molar-refractivity contribution is -0.130. The molecule has 0 aliphatic carbocycles. The van der Waals surface area contributed by atoms with Gasteiger partial charge in [0.1, 0.15) is 12.3 Å². The molecule has 0 fully saturated rings. The molecule has 162 valence electrons. The molecule has 0 bridgehead atoms. The summed E-state index contributed by atoms with van der Waals surface area (Å²) < 4.78 is 6.22. The van der Waals surface area contributed by atoms with E-state index in [0.717, 1.165) is 4.68 Å². The Bertz CT molecular complexity index is 1130. The van der Waals surface area contributed by atoms with Crippen molar-refractivity contribution in [2.45, 2.75) is 26.8 Å². The monoisotopic (exact) mass is 422 g/mol. The lowest BCUT2D eigenvalue weighted by atomic mass is 10.1. The zero-order valence-corrected chi connectivity index (χ0v) is 17.9. The van der Waals surface area contributed by atoms with Gasteiger partial charge in [-0.3, -0.25) is 14.4 Å². The number of likely N-dealkylation sites (N-methyl/N-ethyl adjacent to an activating group) is 1. The van der Waals surface area contributed by atoms with Gasteiger partial charge in [0.25, 0.3) is 5.56 Å². The van der Waals surface area contributed by atoms with Crippen LogP contribution in [-0.2, 0) is 22.6 Å². The number of carbonyl (C=O) groups is 2. The summed E-state index contributed by atoms with van der Waals surface area (Å²) in [5.41, 5.74) is 0.681. The predicted molar refractivity (Wildman–Crippen MR) is 119 cm³/mol. The Hall–Kier alpha value is -3.68. The number of amides is 2. The van der Waals surface area contributed by atoms with E-state index in [2.05, 4.69) is 10.4 Å². The van der Waals surface area contributed by atoms with Gasteiger partial charge in [0.2, 0.25) is 11.8 Å². The number of carbonyl (C=O) groups excluding carboxylic acids is 2. The first-order valence-electron chi connectivity index (χ1n) is 10.2. The van der Waals surface area contributed by atoms with Crippen molar-refractivity contribution < 1.29 is 14.3 Å². The van der Waals surface area contributed by atoms with Crippen molar-refractivity contribution >= 4 is 28.3 Å². The fraction of sp³-hybridized carbons (Fsp3) is 0.304. The molecule has 0 unspecified atom stereocenters. The van der Waals surface area contributed by atoms with E-state index in [1.54, 1.807) is 60.5 Å². The Morgan fingerprint density at radius 3 is 2.29 bits per heavy atom. The summed E-state index contributed by atoms with van der Waals surface area (Å²) in [4.78, 5) is 39.8. The molecular formula is C23H26N4O4. The minimum Gasteiger partial charge on any atom is -0.497 e. The van der Waals surface area contributed by atoms with E-state index in [4.69, 9.17) is 4.74 Å². The fourth-order valence-electron chi connectivity index (χ4n) is 3.39. The van der Waals surface area contributed by atoms with E-state index >= 15 is 0 Å². The van der Waals surface area contributed by atoms with E-state index < -0.39 is 5.91 Å². The predicted octanol–water partition coefficient (Wildman–Crippen LogP) is 2.45. The van der Waals surface area contributed by atoms with Gasteiger partial charge in [-0.2, -0.15) is 5.10 Å². The second-order valence-electron chi connectivity index (χ2n) is 6.97. The number of anilines is 1. The number of hydrogen-bond donors (Lipinski definition) is 1. The molecule has 0 atom stereocenters. The smallest absolute Gasteiger partial charge is 0.275 e. The summed E-state index contributed by atoms with van der Waals surface area (Å²) in [5.74, 6) is 0.208. The van der Waals surface area contributed by atoms with Crippen LogP contribution in [0.15, 0.2) is 53.3 Å². The highest BCUT2D eigenvalue weighted by molar-refractivity contribution is 5.91. The zero-order valence-electron chi connectivity index (χ0n) is 17.9. The first-order valence-corrected chi connectivity index (χ1v) is 10.2. The zero-order chi connectivity index (χ0) is 22.4. The van der Waals surface area contributed by atoms with E-state index in [-0.39, 0.29) is 24.4 Å². The fourth-order valence-corrected chi connectivity index (χ4v) is 3.39. The highest BCUT2D eigenvalue weighted by atomic mass is 16.5. The van der Waals surface area contributed by atoms with Gasteiger partial charge in [-0.15, -0.1) is 0 Å². The Morgan fingerprint density at radius 2 is 1.68 bits per heavy atom. The lowest BCUT2D eigenvalue weighted by Gasteiger charge is -2.19. The summed E-state index contributed by atoms with van der Waals surface area (Å²) in [6.07, 6.45) is 0.0581. The van der Waals surface area contributed by atoms with Crippen molar-refractivity contribution in [3.8, 4) is 5.75 Å². The first-order chi connectivity index (χ1) is 15.0. The van der Waals surface area contributed by atoms with Crippen molar-refractivity contribution in [3.05, 3.63) is 64.6 Å². The van der Waals surface area contributed by atoms with Gasteiger partial charge < -0.3 is 15.0 Å². The molecule has 1 aromatic heterocycles. The Morgan fingerprint density at radius 1 is 1.03 bits per heavy atom. The average molecular weight is 422 g/mol. The number of methoxy groups -OCH3 is 1. The van der Waals surface area contributed by atoms with Crippen LogP contribution in [0.3, 0.4) is 0 Å². The largest absolute Gasteiger partial charge is 0.497 e. The standard InChI is InChI=1S/C23H26N4O4/c1-4-26(5-2)22(29)14-20-18-8-6-7-9-19(18)23(30)27(25-20)15-21(28)24-16-10-12-17(31-3)13-11-16/h6-13H,4-5,14-15H2,1-3H3,(H,24,28).